The van der Waals surface area contributed by atoms with Crippen LogP contribution in [-0.2, 0) is 16.0 Å². The molecule has 1 aromatic carbocycles. The molecule has 0 fully saturated rings. The van der Waals surface area contributed by atoms with Crippen molar-refractivity contribution in [2.45, 2.75) is 39.7 Å². The number of anilines is 1. The van der Waals surface area contributed by atoms with Gasteiger partial charge in [-0.25, -0.2) is 0 Å². The molecule has 0 aliphatic carbocycles. The van der Waals surface area contributed by atoms with Crippen molar-refractivity contribution < 1.29 is 14.3 Å². The van der Waals surface area contributed by atoms with Crippen molar-refractivity contribution in [2.24, 2.45) is 5.92 Å². The van der Waals surface area contributed by atoms with Crippen LogP contribution in [-0.4, -0.2) is 31.5 Å². The SMILES string of the molecule is CC(C)CC(=O)NCCc1ccc2c(c1)N(C)C(=O)C(C)O2. The van der Waals surface area contributed by atoms with Crippen LogP contribution in [0.2, 0.25) is 0 Å². The Morgan fingerprint density at radius 1 is 1.41 bits per heavy atom. The first-order valence-corrected chi connectivity index (χ1v) is 7.72. The van der Waals surface area contributed by atoms with Gasteiger partial charge in [-0.3, -0.25) is 9.59 Å². The first-order chi connectivity index (χ1) is 10.4. The largest absolute Gasteiger partial charge is 0.479 e. The highest BCUT2D eigenvalue weighted by Crippen LogP contribution is 2.33. The van der Waals surface area contributed by atoms with Crippen molar-refractivity contribution in [1.29, 1.82) is 0 Å². The predicted octanol–water partition coefficient (Wildman–Crippen LogP) is 2.14. The molecule has 0 saturated carbocycles. The molecule has 0 spiro atoms. The van der Waals surface area contributed by atoms with Crippen LogP contribution in [0.15, 0.2) is 18.2 Å². The van der Waals surface area contributed by atoms with Gasteiger partial charge in [0, 0.05) is 20.0 Å². The van der Waals surface area contributed by atoms with Gasteiger partial charge in [-0.2, -0.15) is 0 Å². The quantitative estimate of drug-likeness (QED) is 0.906. The fraction of sp³-hybridized carbons (Fsp3) is 0.529. The Bertz CT molecular complexity index is 569. The Labute approximate surface area is 131 Å². The maximum absolute atomic E-state index is 11.9. The second-order valence-corrected chi connectivity index (χ2v) is 6.16. The van der Waals surface area contributed by atoms with E-state index >= 15 is 0 Å². The summed E-state index contributed by atoms with van der Waals surface area (Å²) in [6, 6.07) is 5.82. The first-order valence-electron chi connectivity index (χ1n) is 7.72. The maximum Gasteiger partial charge on any atom is 0.267 e. The third-order valence-corrected chi connectivity index (χ3v) is 3.70. The molecule has 1 aromatic rings. The molecule has 0 saturated heterocycles. The molecular formula is C17H24N2O3. The van der Waals surface area contributed by atoms with Gasteiger partial charge < -0.3 is 15.0 Å². The molecule has 0 aromatic heterocycles. The molecule has 1 heterocycles. The second-order valence-electron chi connectivity index (χ2n) is 6.16. The molecule has 1 N–H and O–H groups in total. The minimum atomic E-state index is -0.446. The predicted molar refractivity (Wildman–Crippen MR) is 86.1 cm³/mol. The first kappa shape index (κ1) is 16.3. The van der Waals surface area contributed by atoms with Crippen molar-refractivity contribution in [3.05, 3.63) is 23.8 Å². The highest BCUT2D eigenvalue weighted by atomic mass is 16.5. The molecule has 0 radical (unpaired) electrons. The third-order valence-electron chi connectivity index (χ3n) is 3.70. The summed E-state index contributed by atoms with van der Waals surface area (Å²) in [5.74, 6) is 1.12. The number of carbonyl (C=O) groups excluding carboxylic acids is 2. The number of ether oxygens (including phenoxy) is 1. The van der Waals surface area contributed by atoms with Gasteiger partial charge in [0.05, 0.1) is 5.69 Å². The van der Waals surface area contributed by atoms with E-state index in [-0.39, 0.29) is 11.8 Å². The Balaban J connectivity index is 1.97. The van der Waals surface area contributed by atoms with E-state index in [1.807, 2.05) is 32.0 Å². The monoisotopic (exact) mass is 304 g/mol. The lowest BCUT2D eigenvalue weighted by Crippen LogP contribution is -2.42. The number of amides is 2. The summed E-state index contributed by atoms with van der Waals surface area (Å²) in [5, 5.41) is 2.92. The Hall–Kier alpha value is -2.04. The van der Waals surface area contributed by atoms with E-state index < -0.39 is 6.10 Å². The van der Waals surface area contributed by atoms with Gasteiger partial charge in [0.25, 0.3) is 5.91 Å². The lowest BCUT2D eigenvalue weighted by molar-refractivity contribution is -0.125. The minimum Gasteiger partial charge on any atom is -0.479 e. The number of likely N-dealkylation sites (N-methyl/N-ethyl adjacent to an activating group) is 1. The molecule has 1 atom stereocenters. The van der Waals surface area contributed by atoms with Gasteiger partial charge >= 0.3 is 0 Å². The normalized spacial score (nSPS) is 17.2. The van der Waals surface area contributed by atoms with E-state index in [1.165, 1.54) is 0 Å². The zero-order valence-electron chi connectivity index (χ0n) is 13.7. The topological polar surface area (TPSA) is 58.6 Å². The number of nitrogens with one attached hydrogen (secondary N) is 1. The number of rotatable bonds is 5. The molecule has 5 heteroatoms. The molecular weight excluding hydrogens is 280 g/mol. The number of hydrogen-bond donors (Lipinski definition) is 1. The van der Waals surface area contributed by atoms with E-state index in [2.05, 4.69) is 5.32 Å². The van der Waals surface area contributed by atoms with Gasteiger partial charge in [-0.05, 0) is 37.0 Å². The molecule has 1 unspecified atom stereocenters. The van der Waals surface area contributed by atoms with Crippen molar-refractivity contribution in [3.63, 3.8) is 0 Å². The summed E-state index contributed by atoms with van der Waals surface area (Å²) < 4.78 is 5.59. The Morgan fingerprint density at radius 3 is 2.82 bits per heavy atom. The molecule has 5 nitrogen and oxygen atoms in total. The average Bonchev–Trinajstić information content (AvgIpc) is 2.45. The van der Waals surface area contributed by atoms with Crippen molar-refractivity contribution >= 4 is 17.5 Å². The summed E-state index contributed by atoms with van der Waals surface area (Å²) in [4.78, 5) is 25.2. The Morgan fingerprint density at radius 2 is 2.14 bits per heavy atom. The van der Waals surface area contributed by atoms with Gasteiger partial charge in [-0.1, -0.05) is 19.9 Å². The number of benzene rings is 1. The molecule has 120 valence electrons. The number of hydrogen-bond acceptors (Lipinski definition) is 3. The van der Waals surface area contributed by atoms with Crippen LogP contribution in [0.5, 0.6) is 5.75 Å². The lowest BCUT2D eigenvalue weighted by Gasteiger charge is -2.30. The number of nitrogens with zero attached hydrogens (tertiary/aromatic N) is 1. The summed E-state index contributed by atoms with van der Waals surface area (Å²) >= 11 is 0. The third kappa shape index (κ3) is 3.78. The smallest absolute Gasteiger partial charge is 0.267 e. The maximum atomic E-state index is 11.9. The summed E-state index contributed by atoms with van der Waals surface area (Å²) in [5.41, 5.74) is 1.86. The van der Waals surface area contributed by atoms with Crippen LogP contribution < -0.4 is 15.0 Å². The van der Waals surface area contributed by atoms with E-state index in [4.69, 9.17) is 4.74 Å². The summed E-state index contributed by atoms with van der Waals surface area (Å²) in [6.07, 6.45) is 0.834. The van der Waals surface area contributed by atoms with E-state index in [0.717, 1.165) is 23.4 Å². The fourth-order valence-electron chi connectivity index (χ4n) is 2.50. The minimum absolute atomic E-state index is 0.0464. The molecule has 2 rings (SSSR count). The highest BCUT2D eigenvalue weighted by Gasteiger charge is 2.28. The van der Waals surface area contributed by atoms with E-state index in [9.17, 15) is 9.59 Å². The number of carbonyl (C=O) groups is 2. The second kappa shape index (κ2) is 6.81. The summed E-state index contributed by atoms with van der Waals surface area (Å²) in [7, 11) is 1.76. The Kier molecular flexibility index (Phi) is 5.06. The van der Waals surface area contributed by atoms with Crippen LogP contribution in [0.3, 0.4) is 0 Å². The molecule has 1 aliphatic rings. The van der Waals surface area contributed by atoms with Crippen molar-refractivity contribution in [3.8, 4) is 5.75 Å². The van der Waals surface area contributed by atoms with Gasteiger partial charge in [0.2, 0.25) is 5.91 Å². The van der Waals surface area contributed by atoms with Crippen LogP contribution in [0.25, 0.3) is 0 Å². The van der Waals surface area contributed by atoms with Gasteiger partial charge in [-0.15, -0.1) is 0 Å². The van der Waals surface area contributed by atoms with Crippen molar-refractivity contribution in [2.75, 3.05) is 18.5 Å². The molecule has 1 aliphatic heterocycles. The molecule has 2 amide bonds. The number of fused-ring (bicyclic) bond motifs is 1. The van der Waals surface area contributed by atoms with Gasteiger partial charge in [0.15, 0.2) is 6.10 Å². The highest BCUT2D eigenvalue weighted by molar-refractivity contribution is 5.99. The van der Waals surface area contributed by atoms with Crippen LogP contribution in [0.4, 0.5) is 5.69 Å². The van der Waals surface area contributed by atoms with E-state index in [1.54, 1.807) is 18.9 Å². The van der Waals surface area contributed by atoms with Gasteiger partial charge in [0.1, 0.15) is 5.75 Å². The zero-order chi connectivity index (χ0) is 16.3. The molecule has 22 heavy (non-hydrogen) atoms. The lowest BCUT2D eigenvalue weighted by atomic mass is 10.1. The van der Waals surface area contributed by atoms with Crippen LogP contribution >= 0.6 is 0 Å². The zero-order valence-corrected chi connectivity index (χ0v) is 13.7. The van der Waals surface area contributed by atoms with E-state index in [0.29, 0.717) is 18.9 Å². The standard InChI is InChI=1S/C17H24N2O3/c1-11(2)9-16(20)18-8-7-13-5-6-15-14(10-13)19(4)17(21)12(3)22-15/h5-6,10-12H,7-9H2,1-4H3,(H,18,20). The van der Waals surface area contributed by atoms with Crippen LogP contribution in [0.1, 0.15) is 32.8 Å². The summed E-state index contributed by atoms with van der Waals surface area (Å²) in [6.45, 7) is 6.40. The molecule has 0 bridgehead atoms. The van der Waals surface area contributed by atoms with Crippen LogP contribution in [0, 0.1) is 5.92 Å². The fourth-order valence-corrected chi connectivity index (χ4v) is 2.50. The average molecular weight is 304 g/mol. The van der Waals surface area contributed by atoms with Crippen molar-refractivity contribution in [1.82, 2.24) is 5.32 Å².